The van der Waals surface area contributed by atoms with Crippen molar-refractivity contribution in [3.63, 3.8) is 0 Å². The zero-order valence-corrected chi connectivity index (χ0v) is 16.3. The number of guanidine groups is 1. The van der Waals surface area contributed by atoms with Crippen molar-refractivity contribution in [3.8, 4) is 0 Å². The molecule has 1 heterocycles. The number of aliphatic imine (C=N–C) groups is 1. The molecule has 3 rings (SSSR count). The van der Waals surface area contributed by atoms with Crippen LogP contribution in [-0.2, 0) is 6.42 Å². The van der Waals surface area contributed by atoms with Gasteiger partial charge in [-0.1, -0.05) is 24.3 Å². The maximum Gasteiger partial charge on any atom is 0.191 e. The molecule has 28 heavy (non-hydrogen) atoms. The maximum absolute atomic E-state index is 13.0. The molecule has 0 saturated carbocycles. The molecule has 0 aliphatic heterocycles. The van der Waals surface area contributed by atoms with Crippen molar-refractivity contribution in [2.75, 3.05) is 19.6 Å². The predicted molar refractivity (Wildman–Crippen MR) is 112 cm³/mol. The van der Waals surface area contributed by atoms with E-state index in [1.807, 2.05) is 6.92 Å². The number of fused-ring (bicyclic) bond motifs is 1. The highest BCUT2D eigenvalue weighted by Gasteiger charge is 2.09. The zero-order chi connectivity index (χ0) is 19.9. The number of hydrogen-bond donors (Lipinski definition) is 4. The van der Waals surface area contributed by atoms with Crippen LogP contribution in [0.15, 0.2) is 53.7 Å². The van der Waals surface area contributed by atoms with Crippen molar-refractivity contribution in [2.24, 2.45) is 4.99 Å². The van der Waals surface area contributed by atoms with Gasteiger partial charge in [0.1, 0.15) is 5.82 Å². The number of nitrogens with zero attached hydrogens (tertiary/aromatic N) is 1. The fourth-order valence-electron chi connectivity index (χ4n) is 3.27. The van der Waals surface area contributed by atoms with E-state index < -0.39 is 6.10 Å². The van der Waals surface area contributed by atoms with Gasteiger partial charge >= 0.3 is 0 Å². The summed E-state index contributed by atoms with van der Waals surface area (Å²) in [7, 11) is 0. The van der Waals surface area contributed by atoms with E-state index in [0.29, 0.717) is 11.5 Å². The molecule has 0 saturated heterocycles. The highest BCUT2D eigenvalue weighted by Crippen LogP contribution is 2.22. The Kier molecular flexibility index (Phi) is 6.66. The van der Waals surface area contributed by atoms with Crippen molar-refractivity contribution >= 4 is 16.9 Å². The molecule has 0 fully saturated rings. The van der Waals surface area contributed by atoms with Crippen LogP contribution in [0.1, 0.15) is 29.7 Å². The summed E-state index contributed by atoms with van der Waals surface area (Å²) in [5, 5.41) is 18.0. The number of nitrogens with one attached hydrogen (secondary N) is 3. The number of hydrogen-bond acceptors (Lipinski definition) is 2. The molecule has 6 heteroatoms. The molecule has 0 aliphatic rings. The molecule has 0 bridgehead atoms. The van der Waals surface area contributed by atoms with Crippen molar-refractivity contribution in [3.05, 3.63) is 71.2 Å². The average molecular weight is 382 g/mol. The molecule has 2 aromatic carbocycles. The van der Waals surface area contributed by atoms with E-state index in [2.05, 4.69) is 51.9 Å². The van der Waals surface area contributed by atoms with Crippen LogP contribution < -0.4 is 10.6 Å². The van der Waals surface area contributed by atoms with E-state index in [4.69, 9.17) is 0 Å². The van der Waals surface area contributed by atoms with Crippen LogP contribution in [0.5, 0.6) is 0 Å². The van der Waals surface area contributed by atoms with Crippen molar-refractivity contribution in [1.82, 2.24) is 15.6 Å². The van der Waals surface area contributed by atoms with E-state index in [1.54, 1.807) is 12.1 Å². The number of aliphatic hydroxyl groups excluding tert-OH is 1. The van der Waals surface area contributed by atoms with Crippen molar-refractivity contribution in [1.29, 1.82) is 0 Å². The van der Waals surface area contributed by atoms with Gasteiger partial charge in [0.25, 0.3) is 0 Å². The van der Waals surface area contributed by atoms with Crippen LogP contribution in [0.4, 0.5) is 4.39 Å². The van der Waals surface area contributed by atoms with Crippen LogP contribution in [0.2, 0.25) is 0 Å². The summed E-state index contributed by atoms with van der Waals surface area (Å²) in [4.78, 5) is 7.77. The van der Waals surface area contributed by atoms with E-state index >= 15 is 0 Å². The Morgan fingerprint density at radius 1 is 1.18 bits per heavy atom. The minimum absolute atomic E-state index is 0.202. The number of benzene rings is 2. The molecular formula is C22H27FN4O. The van der Waals surface area contributed by atoms with Crippen molar-refractivity contribution < 1.29 is 9.50 Å². The maximum atomic E-state index is 13.0. The van der Waals surface area contributed by atoms with Crippen LogP contribution in [0, 0.1) is 12.7 Å². The highest BCUT2D eigenvalue weighted by molar-refractivity contribution is 5.86. The third-order valence-electron chi connectivity index (χ3n) is 4.70. The molecule has 0 aliphatic carbocycles. The van der Waals surface area contributed by atoms with Gasteiger partial charge in [-0.3, -0.25) is 4.99 Å². The molecule has 1 unspecified atom stereocenters. The molecule has 3 aromatic rings. The highest BCUT2D eigenvalue weighted by atomic mass is 19.1. The molecule has 5 nitrogen and oxygen atoms in total. The standard InChI is InChI=1S/C22H27FN4O/c1-3-24-22(27-14-20(28)16-7-9-18(23)10-8-16)25-12-11-17-13-26-19-6-4-5-15(2)21(17)19/h4-10,13,20,26,28H,3,11-12,14H2,1-2H3,(H2,24,25,27). The molecule has 148 valence electrons. The SMILES string of the molecule is CCNC(=NCC(O)c1ccc(F)cc1)NCCc1c[nH]c2cccc(C)c12. The van der Waals surface area contributed by atoms with Gasteiger partial charge in [0, 0.05) is 30.2 Å². The van der Waals surface area contributed by atoms with Crippen molar-refractivity contribution in [2.45, 2.75) is 26.4 Å². The van der Waals surface area contributed by atoms with Crippen LogP contribution >= 0.6 is 0 Å². The summed E-state index contributed by atoms with van der Waals surface area (Å²) in [5.74, 6) is 0.335. The van der Waals surface area contributed by atoms with E-state index in [0.717, 1.165) is 25.0 Å². The summed E-state index contributed by atoms with van der Waals surface area (Å²) in [5.41, 5.74) is 4.33. The van der Waals surface area contributed by atoms with Gasteiger partial charge < -0.3 is 20.7 Å². The zero-order valence-electron chi connectivity index (χ0n) is 16.3. The topological polar surface area (TPSA) is 72.4 Å². The first-order valence-electron chi connectivity index (χ1n) is 9.59. The minimum Gasteiger partial charge on any atom is -0.386 e. The fourth-order valence-corrected chi connectivity index (χ4v) is 3.27. The molecular weight excluding hydrogens is 355 g/mol. The third-order valence-corrected chi connectivity index (χ3v) is 4.70. The lowest BCUT2D eigenvalue weighted by molar-refractivity contribution is 0.187. The lowest BCUT2D eigenvalue weighted by Crippen LogP contribution is -2.38. The Morgan fingerprint density at radius 3 is 2.71 bits per heavy atom. The first-order chi connectivity index (χ1) is 13.6. The average Bonchev–Trinajstić information content (AvgIpc) is 3.11. The summed E-state index contributed by atoms with van der Waals surface area (Å²) in [6.07, 6.45) is 2.14. The van der Waals surface area contributed by atoms with Crippen LogP contribution in [-0.4, -0.2) is 35.7 Å². The molecule has 0 amide bonds. The lowest BCUT2D eigenvalue weighted by atomic mass is 10.1. The second kappa shape index (κ2) is 9.37. The number of aromatic amines is 1. The van der Waals surface area contributed by atoms with Gasteiger partial charge in [0.2, 0.25) is 0 Å². The molecule has 1 aromatic heterocycles. The summed E-state index contributed by atoms with van der Waals surface area (Å²) < 4.78 is 13.0. The predicted octanol–water partition coefficient (Wildman–Crippen LogP) is 3.45. The second-order valence-corrected chi connectivity index (χ2v) is 6.78. The molecule has 4 N–H and O–H groups in total. The Morgan fingerprint density at radius 2 is 1.96 bits per heavy atom. The Labute approximate surface area is 164 Å². The number of aryl methyl sites for hydroxylation is 1. The van der Waals surface area contributed by atoms with Crippen LogP contribution in [0.3, 0.4) is 0 Å². The summed E-state index contributed by atoms with van der Waals surface area (Å²) in [6.45, 7) is 5.77. The molecule has 0 spiro atoms. The lowest BCUT2D eigenvalue weighted by Gasteiger charge is -2.13. The number of rotatable bonds is 7. The number of aliphatic hydroxyl groups is 1. The number of aromatic nitrogens is 1. The van der Waals surface area contributed by atoms with Gasteiger partial charge in [-0.15, -0.1) is 0 Å². The first kappa shape index (κ1) is 19.9. The Bertz CT molecular complexity index is 933. The van der Waals surface area contributed by atoms with Gasteiger partial charge in [0.15, 0.2) is 5.96 Å². The van der Waals surface area contributed by atoms with Gasteiger partial charge in [0.05, 0.1) is 12.6 Å². The number of halogens is 1. The van der Waals surface area contributed by atoms with Gasteiger partial charge in [-0.05, 0) is 55.2 Å². The Balaban J connectivity index is 1.59. The quantitative estimate of drug-likeness (QED) is 0.374. The molecule has 1 atom stereocenters. The van der Waals surface area contributed by atoms with E-state index in [9.17, 15) is 9.50 Å². The molecule has 0 radical (unpaired) electrons. The Hall–Kier alpha value is -2.86. The second-order valence-electron chi connectivity index (χ2n) is 6.78. The summed E-state index contributed by atoms with van der Waals surface area (Å²) in [6, 6.07) is 12.1. The largest absolute Gasteiger partial charge is 0.386 e. The van der Waals surface area contributed by atoms with Gasteiger partial charge in [-0.25, -0.2) is 4.39 Å². The smallest absolute Gasteiger partial charge is 0.191 e. The monoisotopic (exact) mass is 382 g/mol. The van der Waals surface area contributed by atoms with E-state index in [-0.39, 0.29) is 12.4 Å². The first-order valence-corrected chi connectivity index (χ1v) is 9.59. The van der Waals surface area contributed by atoms with E-state index in [1.165, 1.54) is 28.6 Å². The normalized spacial score (nSPS) is 12.9. The van der Waals surface area contributed by atoms with Gasteiger partial charge in [-0.2, -0.15) is 0 Å². The minimum atomic E-state index is -0.771. The number of H-pyrrole nitrogens is 1. The fraction of sp³-hybridized carbons (Fsp3) is 0.318. The van der Waals surface area contributed by atoms with Crippen LogP contribution in [0.25, 0.3) is 10.9 Å². The summed E-state index contributed by atoms with van der Waals surface area (Å²) >= 11 is 0. The third kappa shape index (κ3) is 4.89.